The van der Waals surface area contributed by atoms with E-state index in [1.54, 1.807) is 0 Å². The minimum Gasteiger partial charge on any atom is -0.310 e. The number of pyridine rings is 1. The predicted molar refractivity (Wildman–Crippen MR) is 80.3 cm³/mol. The maximum atomic E-state index is 11.7. The van der Waals surface area contributed by atoms with Gasteiger partial charge in [-0.2, -0.15) is 0 Å². The van der Waals surface area contributed by atoms with Crippen molar-refractivity contribution in [2.75, 3.05) is 12.3 Å². The number of aromatic nitrogens is 1. The van der Waals surface area contributed by atoms with Gasteiger partial charge < -0.3 is 5.32 Å². The number of nitrogens with one attached hydrogen (secondary N) is 1. The van der Waals surface area contributed by atoms with Crippen LogP contribution in [0.2, 0.25) is 0 Å². The maximum absolute atomic E-state index is 11.7. The lowest BCUT2D eigenvalue weighted by Gasteiger charge is -2.10. The van der Waals surface area contributed by atoms with Gasteiger partial charge in [-0.1, -0.05) is 24.3 Å². The van der Waals surface area contributed by atoms with Crippen molar-refractivity contribution in [3.05, 3.63) is 42.1 Å². The molecule has 106 valence electrons. The molecule has 4 nitrogen and oxygen atoms in total. The summed E-state index contributed by atoms with van der Waals surface area (Å²) < 4.78 is 23.4. The molecule has 0 aliphatic carbocycles. The topological polar surface area (TPSA) is 59.1 Å². The minimum atomic E-state index is -2.86. The van der Waals surface area contributed by atoms with Gasteiger partial charge in [0.1, 0.15) is 0 Å². The molecule has 2 heterocycles. The molecule has 5 heteroatoms. The fourth-order valence-electron chi connectivity index (χ4n) is 2.66. The van der Waals surface area contributed by atoms with Crippen molar-refractivity contribution in [1.29, 1.82) is 0 Å². The molecule has 20 heavy (non-hydrogen) atoms. The maximum Gasteiger partial charge on any atom is 0.154 e. The molecule has 1 atom stereocenters. The number of hydrogen-bond acceptors (Lipinski definition) is 4. The first-order valence-electron chi connectivity index (χ1n) is 6.92. The van der Waals surface area contributed by atoms with Crippen LogP contribution in [0.5, 0.6) is 0 Å². The Morgan fingerprint density at radius 3 is 2.85 bits per heavy atom. The van der Waals surface area contributed by atoms with Crippen LogP contribution in [-0.2, 0) is 16.4 Å². The van der Waals surface area contributed by atoms with Crippen LogP contribution < -0.4 is 5.32 Å². The van der Waals surface area contributed by atoms with Gasteiger partial charge >= 0.3 is 0 Å². The van der Waals surface area contributed by atoms with Gasteiger partial charge in [-0.3, -0.25) is 4.98 Å². The van der Waals surface area contributed by atoms with Crippen LogP contribution in [0.1, 0.15) is 18.5 Å². The highest BCUT2D eigenvalue weighted by atomic mass is 32.2. The first-order chi connectivity index (χ1) is 9.65. The number of rotatable bonds is 4. The van der Waals surface area contributed by atoms with Crippen molar-refractivity contribution < 1.29 is 8.42 Å². The zero-order valence-electron chi connectivity index (χ0n) is 11.2. The zero-order valence-corrected chi connectivity index (χ0v) is 12.1. The SMILES string of the molecule is O=S1(=O)CCCC1CNCc1ccc2ccccc2n1. The Balaban J connectivity index is 1.62. The summed E-state index contributed by atoms with van der Waals surface area (Å²) in [5, 5.41) is 4.12. The fraction of sp³-hybridized carbons (Fsp3) is 0.400. The van der Waals surface area contributed by atoms with E-state index in [1.165, 1.54) is 0 Å². The third-order valence-electron chi connectivity index (χ3n) is 3.80. The molecule has 1 N–H and O–H groups in total. The van der Waals surface area contributed by atoms with Gasteiger partial charge in [0.15, 0.2) is 9.84 Å². The molecule has 1 aliphatic heterocycles. The van der Waals surface area contributed by atoms with E-state index in [0.29, 0.717) is 18.8 Å². The highest BCUT2D eigenvalue weighted by Gasteiger charge is 2.30. The van der Waals surface area contributed by atoms with Crippen LogP contribution >= 0.6 is 0 Å². The van der Waals surface area contributed by atoms with Gasteiger partial charge in [-0.15, -0.1) is 0 Å². The van der Waals surface area contributed by atoms with Crippen LogP contribution in [0, 0.1) is 0 Å². The summed E-state index contributed by atoms with van der Waals surface area (Å²) >= 11 is 0. The third kappa shape index (κ3) is 2.83. The Morgan fingerprint density at radius 2 is 2.05 bits per heavy atom. The van der Waals surface area contributed by atoms with Crippen molar-refractivity contribution in [2.24, 2.45) is 0 Å². The molecule has 2 aromatic rings. The second-order valence-corrected chi connectivity index (χ2v) is 7.66. The lowest BCUT2D eigenvalue weighted by Crippen LogP contribution is -2.30. The number of fused-ring (bicyclic) bond motifs is 1. The highest BCUT2D eigenvalue weighted by molar-refractivity contribution is 7.92. The van der Waals surface area contributed by atoms with E-state index in [-0.39, 0.29) is 5.25 Å². The van der Waals surface area contributed by atoms with E-state index in [1.807, 2.05) is 36.4 Å². The molecular formula is C15H18N2O2S. The molecule has 0 saturated carbocycles. The molecule has 1 aromatic heterocycles. The van der Waals surface area contributed by atoms with Gasteiger partial charge in [0.05, 0.1) is 22.2 Å². The van der Waals surface area contributed by atoms with Crippen LogP contribution in [0.15, 0.2) is 36.4 Å². The van der Waals surface area contributed by atoms with Gasteiger partial charge in [0.25, 0.3) is 0 Å². The first kappa shape index (κ1) is 13.5. The summed E-state index contributed by atoms with van der Waals surface area (Å²) in [6, 6.07) is 12.0. The summed E-state index contributed by atoms with van der Waals surface area (Å²) in [6.07, 6.45) is 1.57. The Kier molecular flexibility index (Phi) is 3.72. The van der Waals surface area contributed by atoms with Crippen molar-refractivity contribution in [1.82, 2.24) is 10.3 Å². The zero-order chi connectivity index (χ0) is 14.0. The van der Waals surface area contributed by atoms with E-state index in [9.17, 15) is 8.42 Å². The Labute approximate surface area is 119 Å². The molecule has 1 unspecified atom stereocenters. The number of para-hydroxylation sites is 1. The summed E-state index contributed by atoms with van der Waals surface area (Å²) in [6.45, 7) is 1.13. The fourth-order valence-corrected chi connectivity index (χ4v) is 4.46. The number of sulfone groups is 1. The molecule has 1 fully saturated rings. The van der Waals surface area contributed by atoms with Crippen LogP contribution in [0.3, 0.4) is 0 Å². The molecule has 1 aliphatic rings. The molecule has 0 bridgehead atoms. The second-order valence-electron chi connectivity index (χ2n) is 5.26. The van der Waals surface area contributed by atoms with E-state index in [4.69, 9.17) is 0 Å². The monoisotopic (exact) mass is 290 g/mol. The third-order valence-corrected chi connectivity index (χ3v) is 6.07. The van der Waals surface area contributed by atoms with Crippen molar-refractivity contribution in [3.8, 4) is 0 Å². The number of benzene rings is 1. The molecule has 3 rings (SSSR count). The smallest absolute Gasteiger partial charge is 0.154 e. The highest BCUT2D eigenvalue weighted by Crippen LogP contribution is 2.19. The van der Waals surface area contributed by atoms with Crippen molar-refractivity contribution in [2.45, 2.75) is 24.6 Å². The van der Waals surface area contributed by atoms with Gasteiger partial charge in [-0.25, -0.2) is 8.42 Å². The van der Waals surface area contributed by atoms with Crippen LogP contribution in [0.4, 0.5) is 0 Å². The second kappa shape index (κ2) is 5.50. The number of nitrogens with zero attached hydrogens (tertiary/aromatic N) is 1. The predicted octanol–water partition coefficient (Wildman–Crippen LogP) is 1.90. The van der Waals surface area contributed by atoms with Crippen LogP contribution in [-0.4, -0.2) is 30.9 Å². The van der Waals surface area contributed by atoms with Gasteiger partial charge in [-0.05, 0) is 25.0 Å². The minimum absolute atomic E-state index is 0.219. The van der Waals surface area contributed by atoms with Crippen molar-refractivity contribution >= 4 is 20.7 Å². The standard InChI is InChI=1S/C15H18N2O2S/c18-20(19)9-3-5-14(20)11-16-10-13-8-7-12-4-1-2-6-15(12)17-13/h1-2,4,6-8,14,16H,3,5,9-11H2. The Hall–Kier alpha value is -1.46. The molecule has 0 amide bonds. The summed E-state index contributed by atoms with van der Waals surface area (Å²) in [5.41, 5.74) is 1.92. The Bertz CT molecular complexity index is 713. The Morgan fingerprint density at radius 1 is 1.20 bits per heavy atom. The quantitative estimate of drug-likeness (QED) is 0.934. The van der Waals surface area contributed by atoms with E-state index in [2.05, 4.69) is 10.3 Å². The molecular weight excluding hydrogens is 272 g/mol. The molecule has 1 saturated heterocycles. The summed E-state index contributed by atoms with van der Waals surface area (Å²) in [7, 11) is -2.86. The number of hydrogen-bond donors (Lipinski definition) is 1. The van der Waals surface area contributed by atoms with Crippen LogP contribution in [0.25, 0.3) is 10.9 Å². The normalized spacial score (nSPS) is 21.3. The van der Waals surface area contributed by atoms with E-state index >= 15 is 0 Å². The summed E-state index contributed by atoms with van der Waals surface area (Å²) in [4.78, 5) is 4.56. The van der Waals surface area contributed by atoms with Crippen molar-refractivity contribution in [3.63, 3.8) is 0 Å². The molecule has 1 aromatic carbocycles. The summed E-state index contributed by atoms with van der Waals surface area (Å²) in [5.74, 6) is 0.341. The van der Waals surface area contributed by atoms with E-state index < -0.39 is 9.84 Å². The average Bonchev–Trinajstić information content (AvgIpc) is 2.78. The van der Waals surface area contributed by atoms with Gasteiger partial charge in [0.2, 0.25) is 0 Å². The van der Waals surface area contributed by atoms with Gasteiger partial charge in [0, 0.05) is 18.5 Å². The average molecular weight is 290 g/mol. The first-order valence-corrected chi connectivity index (χ1v) is 8.64. The van der Waals surface area contributed by atoms with E-state index in [0.717, 1.165) is 29.4 Å². The molecule has 0 radical (unpaired) electrons. The lowest BCUT2D eigenvalue weighted by atomic mass is 10.2. The largest absolute Gasteiger partial charge is 0.310 e. The lowest BCUT2D eigenvalue weighted by molar-refractivity contribution is 0.572. The molecule has 0 spiro atoms.